The maximum atomic E-state index is 11.8. The average Bonchev–Trinajstić information content (AvgIpc) is 2.72. The van der Waals surface area contributed by atoms with Crippen LogP contribution in [-0.2, 0) is 4.79 Å². The molecule has 0 aromatic carbocycles. The summed E-state index contributed by atoms with van der Waals surface area (Å²) >= 11 is 2.79. The number of hydrogen-bond donors (Lipinski definition) is 1. The second-order valence-electron chi connectivity index (χ2n) is 4.39. The van der Waals surface area contributed by atoms with Gasteiger partial charge in [0.2, 0.25) is 5.91 Å². The molecule has 1 aromatic rings. The van der Waals surface area contributed by atoms with Crippen molar-refractivity contribution in [1.29, 1.82) is 5.26 Å². The molecule has 0 saturated carbocycles. The van der Waals surface area contributed by atoms with Gasteiger partial charge in [0.15, 0.2) is 4.34 Å². The predicted molar refractivity (Wildman–Crippen MR) is 72.4 cm³/mol. The Labute approximate surface area is 115 Å². The highest BCUT2D eigenvalue weighted by atomic mass is 32.2. The standard InChI is InChI=1S/C11H16N4OS2/c1-7(2)11(4,6-12)13-9(16)5-17-10-15-14-8(3)18-10/h7H,5H2,1-4H3,(H,13,16). The monoisotopic (exact) mass is 284 g/mol. The zero-order valence-corrected chi connectivity index (χ0v) is 12.5. The number of nitriles is 1. The van der Waals surface area contributed by atoms with Crippen molar-refractivity contribution in [2.24, 2.45) is 5.92 Å². The van der Waals surface area contributed by atoms with E-state index in [9.17, 15) is 4.79 Å². The summed E-state index contributed by atoms with van der Waals surface area (Å²) in [5.41, 5.74) is -0.825. The van der Waals surface area contributed by atoms with E-state index in [1.54, 1.807) is 6.92 Å². The Hall–Kier alpha value is -1.13. The van der Waals surface area contributed by atoms with Crippen molar-refractivity contribution in [3.05, 3.63) is 5.01 Å². The molecule has 1 atom stereocenters. The summed E-state index contributed by atoms with van der Waals surface area (Å²) in [6.45, 7) is 7.41. The minimum Gasteiger partial charge on any atom is -0.337 e. The molecule has 5 nitrogen and oxygen atoms in total. The minimum absolute atomic E-state index is 0.0558. The first-order valence-corrected chi connectivity index (χ1v) is 7.33. The number of aryl methyl sites for hydroxylation is 1. The molecule has 1 N–H and O–H groups in total. The van der Waals surface area contributed by atoms with Gasteiger partial charge in [-0.25, -0.2) is 0 Å². The first-order valence-electron chi connectivity index (χ1n) is 5.52. The Kier molecular flexibility index (Phi) is 5.11. The maximum Gasteiger partial charge on any atom is 0.231 e. The highest BCUT2D eigenvalue weighted by Gasteiger charge is 2.29. The SMILES string of the molecule is Cc1nnc(SCC(=O)NC(C)(C#N)C(C)C)s1. The number of nitrogens with zero attached hydrogens (tertiary/aromatic N) is 3. The van der Waals surface area contributed by atoms with Gasteiger partial charge in [-0.3, -0.25) is 4.79 Å². The van der Waals surface area contributed by atoms with Gasteiger partial charge >= 0.3 is 0 Å². The number of carbonyl (C=O) groups is 1. The quantitative estimate of drug-likeness (QED) is 0.837. The van der Waals surface area contributed by atoms with Crippen LogP contribution >= 0.6 is 23.1 Å². The fraction of sp³-hybridized carbons (Fsp3) is 0.636. The van der Waals surface area contributed by atoms with E-state index < -0.39 is 5.54 Å². The number of carbonyl (C=O) groups excluding carboxylic acids is 1. The smallest absolute Gasteiger partial charge is 0.231 e. The molecule has 0 saturated heterocycles. The van der Waals surface area contributed by atoms with E-state index >= 15 is 0 Å². The van der Waals surface area contributed by atoms with E-state index in [2.05, 4.69) is 21.6 Å². The van der Waals surface area contributed by atoms with Crippen LogP contribution in [0.5, 0.6) is 0 Å². The number of nitrogens with one attached hydrogen (secondary N) is 1. The largest absolute Gasteiger partial charge is 0.337 e. The molecule has 0 aliphatic heterocycles. The lowest BCUT2D eigenvalue weighted by Crippen LogP contribution is -2.49. The summed E-state index contributed by atoms with van der Waals surface area (Å²) in [5, 5.41) is 20.5. The molecule has 7 heteroatoms. The molecule has 1 aromatic heterocycles. The first kappa shape index (κ1) is 14.9. The van der Waals surface area contributed by atoms with E-state index in [1.165, 1.54) is 23.1 Å². The van der Waals surface area contributed by atoms with Crippen LogP contribution in [0.3, 0.4) is 0 Å². The van der Waals surface area contributed by atoms with Gasteiger partial charge < -0.3 is 5.32 Å². The van der Waals surface area contributed by atoms with Gasteiger partial charge in [0, 0.05) is 0 Å². The molecule has 0 aliphatic rings. The minimum atomic E-state index is -0.825. The number of amides is 1. The van der Waals surface area contributed by atoms with Crippen molar-refractivity contribution >= 4 is 29.0 Å². The molecule has 98 valence electrons. The predicted octanol–water partition coefficient (Wildman–Crippen LogP) is 1.99. The van der Waals surface area contributed by atoms with Crippen molar-refractivity contribution in [2.45, 2.75) is 37.6 Å². The molecule has 0 aliphatic carbocycles. The number of hydrogen-bond acceptors (Lipinski definition) is 6. The van der Waals surface area contributed by atoms with Crippen molar-refractivity contribution < 1.29 is 4.79 Å². The Bertz CT molecular complexity index is 466. The average molecular weight is 284 g/mol. The Morgan fingerprint density at radius 3 is 2.72 bits per heavy atom. The van der Waals surface area contributed by atoms with Crippen LogP contribution in [0.25, 0.3) is 0 Å². The van der Waals surface area contributed by atoms with Gasteiger partial charge in [0.25, 0.3) is 0 Å². The van der Waals surface area contributed by atoms with Crippen molar-refractivity contribution in [1.82, 2.24) is 15.5 Å². The Morgan fingerprint density at radius 1 is 1.61 bits per heavy atom. The summed E-state index contributed by atoms with van der Waals surface area (Å²) in [6.07, 6.45) is 0. The zero-order chi connectivity index (χ0) is 13.8. The summed E-state index contributed by atoms with van der Waals surface area (Å²) < 4.78 is 0.769. The van der Waals surface area contributed by atoms with Crippen LogP contribution in [0.4, 0.5) is 0 Å². The van der Waals surface area contributed by atoms with Crippen LogP contribution in [-0.4, -0.2) is 27.4 Å². The van der Waals surface area contributed by atoms with Crippen LogP contribution in [0.15, 0.2) is 4.34 Å². The number of thioether (sulfide) groups is 1. The maximum absolute atomic E-state index is 11.8. The van der Waals surface area contributed by atoms with Crippen LogP contribution in [0, 0.1) is 24.2 Å². The van der Waals surface area contributed by atoms with Crippen molar-refractivity contribution in [3.63, 3.8) is 0 Å². The van der Waals surface area contributed by atoms with E-state index in [-0.39, 0.29) is 17.6 Å². The van der Waals surface area contributed by atoms with E-state index in [0.29, 0.717) is 0 Å². The lowest BCUT2D eigenvalue weighted by molar-refractivity contribution is -0.120. The van der Waals surface area contributed by atoms with Crippen molar-refractivity contribution in [2.75, 3.05) is 5.75 Å². The van der Waals surface area contributed by atoms with E-state index in [4.69, 9.17) is 5.26 Å². The highest BCUT2D eigenvalue weighted by Crippen LogP contribution is 2.22. The third-order valence-corrected chi connectivity index (χ3v) is 4.59. The molecule has 0 bridgehead atoms. The second kappa shape index (κ2) is 6.16. The molecule has 1 rings (SSSR count). The lowest BCUT2D eigenvalue weighted by atomic mass is 9.90. The molecule has 1 heterocycles. The van der Waals surface area contributed by atoms with Crippen LogP contribution in [0.2, 0.25) is 0 Å². The van der Waals surface area contributed by atoms with E-state index in [1.807, 2.05) is 20.8 Å². The lowest BCUT2D eigenvalue weighted by Gasteiger charge is -2.27. The van der Waals surface area contributed by atoms with Gasteiger partial charge in [0.05, 0.1) is 11.8 Å². The molecular weight excluding hydrogens is 268 g/mol. The molecule has 0 spiro atoms. The Morgan fingerprint density at radius 2 is 2.28 bits per heavy atom. The zero-order valence-electron chi connectivity index (χ0n) is 10.9. The molecule has 0 radical (unpaired) electrons. The molecular formula is C11H16N4OS2. The third-order valence-electron chi connectivity index (χ3n) is 2.62. The molecule has 1 amide bonds. The molecule has 0 fully saturated rings. The topological polar surface area (TPSA) is 78.7 Å². The molecule has 1 unspecified atom stereocenters. The van der Waals surface area contributed by atoms with Crippen LogP contribution in [0.1, 0.15) is 25.8 Å². The summed E-state index contributed by atoms with van der Waals surface area (Å²) in [7, 11) is 0. The summed E-state index contributed by atoms with van der Waals surface area (Å²) in [6, 6.07) is 2.14. The Balaban J connectivity index is 2.50. The third kappa shape index (κ3) is 3.96. The van der Waals surface area contributed by atoms with Gasteiger partial charge in [-0.15, -0.1) is 10.2 Å². The number of rotatable bonds is 5. The summed E-state index contributed by atoms with van der Waals surface area (Å²) in [5.74, 6) is 0.143. The molecule has 18 heavy (non-hydrogen) atoms. The van der Waals surface area contributed by atoms with E-state index in [0.717, 1.165) is 9.35 Å². The fourth-order valence-electron chi connectivity index (χ4n) is 1.09. The number of aromatic nitrogens is 2. The van der Waals surface area contributed by atoms with Gasteiger partial charge in [-0.2, -0.15) is 5.26 Å². The van der Waals surface area contributed by atoms with Gasteiger partial charge in [0.1, 0.15) is 10.5 Å². The van der Waals surface area contributed by atoms with Crippen molar-refractivity contribution in [3.8, 4) is 6.07 Å². The highest BCUT2D eigenvalue weighted by molar-refractivity contribution is 8.01. The van der Waals surface area contributed by atoms with Gasteiger partial charge in [-0.05, 0) is 19.8 Å². The first-order chi connectivity index (χ1) is 8.37. The summed E-state index contributed by atoms with van der Waals surface area (Å²) in [4.78, 5) is 11.8. The van der Waals surface area contributed by atoms with Crippen LogP contribution < -0.4 is 5.32 Å². The second-order valence-corrected chi connectivity index (χ2v) is 6.80. The normalized spacial score (nSPS) is 14.0. The van der Waals surface area contributed by atoms with Gasteiger partial charge in [-0.1, -0.05) is 36.9 Å². The fourth-order valence-corrected chi connectivity index (χ4v) is 2.71.